The zero-order chi connectivity index (χ0) is 17.8. The minimum atomic E-state index is -0.0994. The number of likely N-dealkylation sites (tertiary alicyclic amines) is 2. The van der Waals surface area contributed by atoms with Gasteiger partial charge in [-0.15, -0.1) is 0 Å². The maximum atomic E-state index is 13.3. The highest BCUT2D eigenvalue weighted by atomic mass is 16.2. The largest absolute Gasteiger partial charge is 0.342 e. The first-order chi connectivity index (χ1) is 12.8. The van der Waals surface area contributed by atoms with Crippen molar-refractivity contribution in [3.05, 3.63) is 30.1 Å². The first-order valence-electron chi connectivity index (χ1n) is 10.7. The average molecular weight is 356 g/mol. The number of aromatic nitrogens is 1. The van der Waals surface area contributed by atoms with Crippen molar-refractivity contribution >= 4 is 5.91 Å². The SMILES string of the molecule is O=C1N(CCC2CCCCC2)CCC[C@]12CCN(Cc1ccncc1)C2. The summed E-state index contributed by atoms with van der Waals surface area (Å²) < 4.78 is 0. The Bertz CT molecular complexity index is 599. The molecule has 3 aliphatic rings. The predicted molar refractivity (Wildman–Crippen MR) is 104 cm³/mol. The van der Waals surface area contributed by atoms with E-state index < -0.39 is 0 Å². The molecule has 2 saturated heterocycles. The second-order valence-electron chi connectivity index (χ2n) is 8.78. The summed E-state index contributed by atoms with van der Waals surface area (Å²) in [5, 5.41) is 0. The van der Waals surface area contributed by atoms with Crippen LogP contribution in [0.25, 0.3) is 0 Å². The third-order valence-corrected chi connectivity index (χ3v) is 6.94. The fraction of sp³-hybridized carbons (Fsp3) is 0.727. The molecule has 4 rings (SSSR count). The average Bonchev–Trinajstić information content (AvgIpc) is 3.08. The minimum absolute atomic E-state index is 0.0994. The first-order valence-corrected chi connectivity index (χ1v) is 10.7. The Morgan fingerprint density at radius 2 is 1.85 bits per heavy atom. The Kier molecular flexibility index (Phi) is 5.58. The van der Waals surface area contributed by atoms with Crippen LogP contribution in [0.5, 0.6) is 0 Å². The van der Waals surface area contributed by atoms with Crippen LogP contribution in [-0.4, -0.2) is 46.9 Å². The van der Waals surface area contributed by atoms with Gasteiger partial charge in [-0.3, -0.25) is 14.7 Å². The minimum Gasteiger partial charge on any atom is -0.342 e. The summed E-state index contributed by atoms with van der Waals surface area (Å²) >= 11 is 0. The molecule has 142 valence electrons. The van der Waals surface area contributed by atoms with Gasteiger partial charge < -0.3 is 4.90 Å². The van der Waals surface area contributed by atoms with Gasteiger partial charge in [-0.25, -0.2) is 0 Å². The van der Waals surface area contributed by atoms with Crippen LogP contribution in [0.15, 0.2) is 24.5 Å². The van der Waals surface area contributed by atoms with Crippen molar-refractivity contribution in [2.24, 2.45) is 11.3 Å². The lowest BCUT2D eigenvalue weighted by Gasteiger charge is -2.40. The summed E-state index contributed by atoms with van der Waals surface area (Å²) in [4.78, 5) is 22.1. The fourth-order valence-electron chi connectivity index (χ4n) is 5.40. The van der Waals surface area contributed by atoms with Crippen LogP contribution in [0.2, 0.25) is 0 Å². The molecule has 0 aromatic carbocycles. The van der Waals surface area contributed by atoms with E-state index in [-0.39, 0.29) is 5.41 Å². The first kappa shape index (κ1) is 18.0. The normalized spacial score (nSPS) is 28.2. The molecule has 4 heteroatoms. The van der Waals surface area contributed by atoms with Gasteiger partial charge in [-0.05, 0) is 55.8 Å². The van der Waals surface area contributed by atoms with Gasteiger partial charge in [0.05, 0.1) is 5.41 Å². The van der Waals surface area contributed by atoms with Crippen molar-refractivity contribution in [1.29, 1.82) is 0 Å². The molecule has 26 heavy (non-hydrogen) atoms. The van der Waals surface area contributed by atoms with Gasteiger partial charge >= 0.3 is 0 Å². The molecule has 1 aliphatic carbocycles. The number of carbonyl (C=O) groups excluding carboxylic acids is 1. The van der Waals surface area contributed by atoms with Crippen LogP contribution in [0.1, 0.15) is 63.4 Å². The lowest BCUT2D eigenvalue weighted by atomic mass is 9.78. The summed E-state index contributed by atoms with van der Waals surface area (Å²) in [7, 11) is 0. The van der Waals surface area contributed by atoms with Gasteiger partial charge in [0, 0.05) is 38.6 Å². The van der Waals surface area contributed by atoms with Gasteiger partial charge in [0.1, 0.15) is 0 Å². The quantitative estimate of drug-likeness (QED) is 0.804. The van der Waals surface area contributed by atoms with Crippen molar-refractivity contribution in [2.75, 3.05) is 26.2 Å². The number of carbonyl (C=O) groups is 1. The van der Waals surface area contributed by atoms with Crippen molar-refractivity contribution in [3.63, 3.8) is 0 Å². The van der Waals surface area contributed by atoms with E-state index in [4.69, 9.17) is 0 Å². The third kappa shape index (κ3) is 3.95. The molecule has 4 nitrogen and oxygen atoms in total. The summed E-state index contributed by atoms with van der Waals surface area (Å²) in [5.74, 6) is 1.32. The van der Waals surface area contributed by atoms with Crippen LogP contribution in [0, 0.1) is 11.3 Å². The topological polar surface area (TPSA) is 36.4 Å². The summed E-state index contributed by atoms with van der Waals surface area (Å²) in [6, 6.07) is 4.17. The van der Waals surface area contributed by atoms with Crippen LogP contribution in [-0.2, 0) is 11.3 Å². The number of nitrogens with zero attached hydrogens (tertiary/aromatic N) is 3. The van der Waals surface area contributed by atoms with E-state index in [1.807, 2.05) is 12.4 Å². The van der Waals surface area contributed by atoms with Crippen LogP contribution in [0.4, 0.5) is 0 Å². The molecule has 2 aliphatic heterocycles. The van der Waals surface area contributed by atoms with Crippen molar-refractivity contribution in [2.45, 2.75) is 64.3 Å². The molecule has 1 aromatic rings. The van der Waals surface area contributed by atoms with E-state index in [0.29, 0.717) is 5.91 Å². The molecule has 1 saturated carbocycles. The summed E-state index contributed by atoms with van der Waals surface area (Å²) in [5.41, 5.74) is 1.20. The molecule has 3 fully saturated rings. The van der Waals surface area contributed by atoms with Crippen molar-refractivity contribution in [3.8, 4) is 0 Å². The lowest BCUT2D eigenvalue weighted by molar-refractivity contribution is -0.145. The molecule has 1 spiro atoms. The molecular weight excluding hydrogens is 322 g/mol. The van der Waals surface area contributed by atoms with E-state index >= 15 is 0 Å². The Hall–Kier alpha value is -1.42. The van der Waals surface area contributed by atoms with Crippen molar-refractivity contribution in [1.82, 2.24) is 14.8 Å². The number of amides is 1. The van der Waals surface area contributed by atoms with Crippen molar-refractivity contribution < 1.29 is 4.79 Å². The van der Waals surface area contributed by atoms with Gasteiger partial charge in [0.25, 0.3) is 0 Å². The molecule has 1 aromatic heterocycles. The highest BCUT2D eigenvalue weighted by molar-refractivity contribution is 5.84. The third-order valence-electron chi connectivity index (χ3n) is 6.94. The number of hydrogen-bond donors (Lipinski definition) is 0. The number of hydrogen-bond acceptors (Lipinski definition) is 3. The second kappa shape index (κ2) is 8.08. The molecule has 0 radical (unpaired) electrons. The zero-order valence-electron chi connectivity index (χ0n) is 16.0. The fourth-order valence-corrected chi connectivity index (χ4v) is 5.40. The predicted octanol–water partition coefficient (Wildman–Crippen LogP) is 3.87. The van der Waals surface area contributed by atoms with E-state index in [2.05, 4.69) is 26.9 Å². The lowest BCUT2D eigenvalue weighted by Crippen LogP contribution is -2.50. The number of pyridine rings is 1. The number of piperidine rings is 1. The molecule has 1 amide bonds. The van der Waals surface area contributed by atoms with E-state index in [1.165, 1.54) is 50.5 Å². The molecule has 0 bridgehead atoms. The smallest absolute Gasteiger partial charge is 0.230 e. The van der Waals surface area contributed by atoms with Crippen LogP contribution < -0.4 is 0 Å². The van der Waals surface area contributed by atoms with Crippen LogP contribution >= 0.6 is 0 Å². The molecule has 3 heterocycles. The van der Waals surface area contributed by atoms with E-state index in [1.54, 1.807) is 0 Å². The second-order valence-corrected chi connectivity index (χ2v) is 8.78. The van der Waals surface area contributed by atoms with E-state index in [0.717, 1.165) is 51.5 Å². The molecular formula is C22H33N3O. The maximum absolute atomic E-state index is 13.3. The highest BCUT2D eigenvalue weighted by Gasteiger charge is 2.48. The Morgan fingerprint density at radius 1 is 1.04 bits per heavy atom. The molecule has 1 atom stereocenters. The Balaban J connectivity index is 1.33. The maximum Gasteiger partial charge on any atom is 0.230 e. The van der Waals surface area contributed by atoms with Gasteiger partial charge in [0.15, 0.2) is 0 Å². The Morgan fingerprint density at radius 3 is 2.65 bits per heavy atom. The standard InChI is InChI=1S/C22H33N3O/c26-21-22(11-16-24(18-22)17-20-7-12-23-13-8-20)10-4-14-25(21)15-9-19-5-2-1-3-6-19/h7-8,12-13,19H,1-6,9-11,14-18H2/t22-/m1/s1. The Labute approximate surface area is 158 Å². The monoisotopic (exact) mass is 355 g/mol. The summed E-state index contributed by atoms with van der Waals surface area (Å²) in [6.07, 6.45) is 15.2. The van der Waals surface area contributed by atoms with Gasteiger partial charge in [0.2, 0.25) is 5.91 Å². The number of rotatable bonds is 5. The van der Waals surface area contributed by atoms with E-state index in [9.17, 15) is 4.79 Å². The van der Waals surface area contributed by atoms with Crippen LogP contribution in [0.3, 0.4) is 0 Å². The van der Waals surface area contributed by atoms with Gasteiger partial charge in [-0.1, -0.05) is 32.1 Å². The zero-order valence-corrected chi connectivity index (χ0v) is 16.0. The highest BCUT2D eigenvalue weighted by Crippen LogP contribution is 2.41. The molecule has 0 N–H and O–H groups in total. The van der Waals surface area contributed by atoms with Gasteiger partial charge in [-0.2, -0.15) is 0 Å². The molecule has 0 unspecified atom stereocenters. The summed E-state index contributed by atoms with van der Waals surface area (Å²) in [6.45, 7) is 4.91.